The number of aromatic nitrogens is 1. The molecule has 0 saturated carbocycles. The van der Waals surface area contributed by atoms with Crippen LogP contribution in [0.2, 0.25) is 0 Å². The second-order valence-corrected chi connectivity index (χ2v) is 5.26. The van der Waals surface area contributed by atoms with E-state index < -0.39 is 35.2 Å². The number of carboxylic acids is 1. The van der Waals surface area contributed by atoms with E-state index in [9.17, 15) is 27.9 Å². The highest BCUT2D eigenvalue weighted by Gasteiger charge is 2.37. The molecule has 1 atom stereocenters. The number of rotatable bonds is 6. The number of halogens is 3. The van der Waals surface area contributed by atoms with Gasteiger partial charge in [-0.15, -0.1) is 0 Å². The van der Waals surface area contributed by atoms with Gasteiger partial charge < -0.3 is 14.9 Å². The molecule has 2 rings (SSSR count). The van der Waals surface area contributed by atoms with Gasteiger partial charge >= 0.3 is 12.1 Å². The van der Waals surface area contributed by atoms with Crippen LogP contribution in [0.1, 0.15) is 46.8 Å². The fraction of sp³-hybridized carbons (Fsp3) is 0.312. The van der Waals surface area contributed by atoms with Crippen molar-refractivity contribution >= 4 is 11.9 Å². The zero-order valence-corrected chi connectivity index (χ0v) is 13.1. The number of carbonyl (C=O) groups excluding carboxylic acids is 1. The first-order valence-electron chi connectivity index (χ1n) is 7.39. The standard InChI is InChI=1S/C16H15F3N2O4/c1-2-5-9-8-12(21-25-9)14(22)20-13(15(23)24)10-6-3-4-7-11(10)16(17,18)19/h3-4,6-8,13H,2,5H2,1H3,(H,20,22)(H,23,24). The van der Waals surface area contributed by atoms with Gasteiger partial charge in [-0.3, -0.25) is 4.79 Å². The van der Waals surface area contributed by atoms with Gasteiger partial charge in [0, 0.05) is 12.5 Å². The number of aryl methyl sites for hydroxylation is 1. The molecule has 2 aromatic rings. The van der Waals surface area contributed by atoms with Gasteiger partial charge in [-0.05, 0) is 18.1 Å². The first-order chi connectivity index (χ1) is 11.7. The third-order valence-corrected chi connectivity index (χ3v) is 3.39. The van der Waals surface area contributed by atoms with E-state index in [0.717, 1.165) is 24.6 Å². The van der Waals surface area contributed by atoms with Crippen molar-refractivity contribution in [2.45, 2.75) is 32.0 Å². The first-order valence-corrected chi connectivity index (χ1v) is 7.39. The van der Waals surface area contributed by atoms with E-state index in [4.69, 9.17) is 4.52 Å². The van der Waals surface area contributed by atoms with Crippen LogP contribution in [0.15, 0.2) is 34.9 Å². The van der Waals surface area contributed by atoms with Crippen molar-refractivity contribution in [2.75, 3.05) is 0 Å². The molecule has 1 heterocycles. The molecule has 25 heavy (non-hydrogen) atoms. The first kappa shape index (κ1) is 18.5. The number of alkyl halides is 3. The summed E-state index contributed by atoms with van der Waals surface area (Å²) in [5, 5.41) is 14.8. The molecule has 0 aliphatic rings. The van der Waals surface area contributed by atoms with Gasteiger partial charge in [0.2, 0.25) is 0 Å². The minimum atomic E-state index is -4.75. The van der Waals surface area contributed by atoms with Gasteiger partial charge in [-0.25, -0.2) is 4.79 Å². The molecule has 0 spiro atoms. The van der Waals surface area contributed by atoms with E-state index in [0.29, 0.717) is 12.2 Å². The molecule has 0 aliphatic heterocycles. The predicted molar refractivity (Wildman–Crippen MR) is 79.8 cm³/mol. The topological polar surface area (TPSA) is 92.4 Å². The van der Waals surface area contributed by atoms with Crippen LogP contribution in [-0.2, 0) is 17.4 Å². The van der Waals surface area contributed by atoms with Gasteiger partial charge in [-0.1, -0.05) is 30.3 Å². The van der Waals surface area contributed by atoms with Crippen LogP contribution in [0.25, 0.3) is 0 Å². The van der Waals surface area contributed by atoms with E-state index in [2.05, 4.69) is 10.5 Å². The van der Waals surface area contributed by atoms with Crippen LogP contribution in [0.4, 0.5) is 13.2 Å². The maximum Gasteiger partial charge on any atom is 0.416 e. The summed E-state index contributed by atoms with van der Waals surface area (Å²) in [4.78, 5) is 23.6. The smallest absolute Gasteiger partial charge is 0.416 e. The maximum absolute atomic E-state index is 13.1. The monoisotopic (exact) mass is 356 g/mol. The molecule has 0 fully saturated rings. The lowest BCUT2D eigenvalue weighted by Gasteiger charge is -2.19. The van der Waals surface area contributed by atoms with Gasteiger partial charge in [0.05, 0.1) is 5.56 Å². The second kappa shape index (κ2) is 7.37. The predicted octanol–water partition coefficient (Wildman–Crippen LogP) is 3.20. The molecule has 0 saturated heterocycles. The van der Waals surface area contributed by atoms with E-state index in [1.165, 1.54) is 12.1 Å². The van der Waals surface area contributed by atoms with Crippen LogP contribution >= 0.6 is 0 Å². The Bertz CT molecular complexity index is 771. The lowest BCUT2D eigenvalue weighted by Crippen LogP contribution is -2.35. The summed E-state index contributed by atoms with van der Waals surface area (Å²) in [6.07, 6.45) is -3.48. The molecule has 0 bridgehead atoms. The highest BCUT2D eigenvalue weighted by Crippen LogP contribution is 2.34. The summed E-state index contributed by atoms with van der Waals surface area (Å²) in [6, 6.07) is 3.62. The normalized spacial score (nSPS) is 12.6. The fourth-order valence-electron chi connectivity index (χ4n) is 2.27. The summed E-state index contributed by atoms with van der Waals surface area (Å²) in [7, 11) is 0. The third kappa shape index (κ3) is 4.37. The Kier molecular flexibility index (Phi) is 5.45. The Morgan fingerprint density at radius 2 is 2.00 bits per heavy atom. The molecule has 1 amide bonds. The number of carbonyl (C=O) groups is 2. The summed E-state index contributed by atoms with van der Waals surface area (Å²) in [5.41, 5.74) is -1.89. The summed E-state index contributed by atoms with van der Waals surface area (Å²) in [5.74, 6) is -2.13. The number of carboxylic acid groups (broad SMARTS) is 1. The molecular weight excluding hydrogens is 341 g/mol. The molecule has 2 N–H and O–H groups in total. The van der Waals surface area contributed by atoms with Crippen molar-refractivity contribution in [3.8, 4) is 0 Å². The molecule has 9 heteroatoms. The van der Waals surface area contributed by atoms with Crippen molar-refractivity contribution in [3.05, 3.63) is 52.9 Å². The van der Waals surface area contributed by atoms with Crippen LogP contribution in [-0.4, -0.2) is 22.1 Å². The van der Waals surface area contributed by atoms with Crippen molar-refractivity contribution < 1.29 is 32.4 Å². The second-order valence-electron chi connectivity index (χ2n) is 5.26. The average molecular weight is 356 g/mol. The Balaban J connectivity index is 2.30. The van der Waals surface area contributed by atoms with E-state index >= 15 is 0 Å². The molecule has 1 unspecified atom stereocenters. The highest BCUT2D eigenvalue weighted by atomic mass is 19.4. The quantitative estimate of drug-likeness (QED) is 0.829. The van der Waals surface area contributed by atoms with Crippen molar-refractivity contribution in [1.29, 1.82) is 0 Å². The fourth-order valence-corrected chi connectivity index (χ4v) is 2.27. The largest absolute Gasteiger partial charge is 0.479 e. The van der Waals surface area contributed by atoms with Crippen molar-refractivity contribution in [3.63, 3.8) is 0 Å². The maximum atomic E-state index is 13.1. The number of benzene rings is 1. The summed E-state index contributed by atoms with van der Waals surface area (Å²) in [6.45, 7) is 1.89. The highest BCUT2D eigenvalue weighted by molar-refractivity contribution is 5.95. The minimum absolute atomic E-state index is 0.195. The summed E-state index contributed by atoms with van der Waals surface area (Å²) < 4.78 is 44.2. The van der Waals surface area contributed by atoms with Gasteiger partial charge in [0.25, 0.3) is 5.91 Å². The Labute approximate surface area is 140 Å². The minimum Gasteiger partial charge on any atom is -0.479 e. The third-order valence-electron chi connectivity index (χ3n) is 3.39. The van der Waals surface area contributed by atoms with E-state index in [1.807, 2.05) is 6.92 Å². The zero-order chi connectivity index (χ0) is 18.6. The van der Waals surface area contributed by atoms with Crippen LogP contribution in [0, 0.1) is 0 Å². The van der Waals surface area contributed by atoms with Gasteiger partial charge in [0.15, 0.2) is 11.7 Å². The molecule has 134 valence electrons. The number of nitrogens with zero attached hydrogens (tertiary/aromatic N) is 1. The van der Waals surface area contributed by atoms with Crippen LogP contribution < -0.4 is 5.32 Å². The lowest BCUT2D eigenvalue weighted by atomic mass is 9.99. The van der Waals surface area contributed by atoms with Crippen LogP contribution in [0.5, 0.6) is 0 Å². The molecule has 0 radical (unpaired) electrons. The number of nitrogens with one attached hydrogen (secondary N) is 1. The number of aliphatic carboxylic acids is 1. The van der Waals surface area contributed by atoms with Gasteiger partial charge in [0.1, 0.15) is 5.76 Å². The number of hydrogen-bond donors (Lipinski definition) is 2. The van der Waals surface area contributed by atoms with E-state index in [-0.39, 0.29) is 5.69 Å². The van der Waals surface area contributed by atoms with E-state index in [1.54, 1.807) is 0 Å². The Morgan fingerprint density at radius 3 is 2.60 bits per heavy atom. The number of hydrogen-bond acceptors (Lipinski definition) is 4. The molecule has 1 aromatic carbocycles. The average Bonchev–Trinajstić information content (AvgIpc) is 3.00. The summed E-state index contributed by atoms with van der Waals surface area (Å²) >= 11 is 0. The van der Waals surface area contributed by atoms with Crippen molar-refractivity contribution in [2.24, 2.45) is 0 Å². The molecule has 1 aromatic heterocycles. The molecular formula is C16H15F3N2O4. The lowest BCUT2D eigenvalue weighted by molar-refractivity contribution is -0.142. The molecule has 6 nitrogen and oxygen atoms in total. The number of amides is 1. The Morgan fingerprint density at radius 1 is 1.32 bits per heavy atom. The Hall–Kier alpha value is -2.84. The SMILES string of the molecule is CCCc1cc(C(=O)NC(C(=O)O)c2ccccc2C(F)(F)F)no1. The van der Waals surface area contributed by atoms with Crippen LogP contribution in [0.3, 0.4) is 0 Å². The zero-order valence-electron chi connectivity index (χ0n) is 13.1. The van der Waals surface area contributed by atoms with Crippen molar-refractivity contribution in [1.82, 2.24) is 10.5 Å². The van der Waals surface area contributed by atoms with Gasteiger partial charge in [-0.2, -0.15) is 13.2 Å². The molecule has 0 aliphatic carbocycles.